The quantitative estimate of drug-likeness (QED) is 0.633. The normalized spacial score (nSPS) is 18.0. The highest BCUT2D eigenvalue weighted by Crippen LogP contribution is 2.34. The van der Waals surface area contributed by atoms with Crippen LogP contribution in [0.3, 0.4) is 0 Å². The SMILES string of the molecule is Cn1nc(C(=O)N2CCC[C@H](C(=O)c3ccc4c5c(cccc35)CC4)C2)ccc1=O. The van der Waals surface area contributed by atoms with Crippen LogP contribution >= 0.6 is 0 Å². The van der Waals surface area contributed by atoms with Crippen molar-refractivity contribution in [2.45, 2.75) is 25.7 Å². The standard InChI is InChI=1S/C24H23N3O3/c1-26-21(28)12-11-20(25-26)24(30)27-13-3-5-17(14-27)23(29)19-10-9-16-8-7-15-4-2-6-18(19)22(15)16/h2,4,6,9-12,17H,3,5,7-8,13-14H2,1H3/t17-/m0/s1. The number of benzene rings is 2. The van der Waals surface area contributed by atoms with Crippen LogP contribution in [0.1, 0.15) is 44.8 Å². The maximum Gasteiger partial charge on any atom is 0.274 e. The number of Topliss-reactive ketones (excluding diaryl/α,β-unsaturated/α-hetero) is 1. The van der Waals surface area contributed by atoms with E-state index in [2.05, 4.69) is 17.2 Å². The molecule has 1 atom stereocenters. The lowest BCUT2D eigenvalue weighted by atomic mass is 9.87. The fourth-order valence-corrected chi connectivity index (χ4v) is 4.84. The molecule has 1 aliphatic carbocycles. The van der Waals surface area contributed by atoms with Gasteiger partial charge in [0.25, 0.3) is 11.5 Å². The summed E-state index contributed by atoms with van der Waals surface area (Å²) in [7, 11) is 1.53. The lowest BCUT2D eigenvalue weighted by Gasteiger charge is -2.32. The molecule has 0 spiro atoms. The molecule has 6 nitrogen and oxygen atoms in total. The molecule has 152 valence electrons. The molecule has 2 heterocycles. The highest BCUT2D eigenvalue weighted by atomic mass is 16.2. The predicted molar refractivity (Wildman–Crippen MR) is 114 cm³/mol. The summed E-state index contributed by atoms with van der Waals surface area (Å²) in [5, 5.41) is 6.35. The van der Waals surface area contributed by atoms with Crippen molar-refractivity contribution in [1.29, 1.82) is 0 Å². The third-order valence-electron chi connectivity index (χ3n) is 6.40. The van der Waals surface area contributed by atoms with Crippen LogP contribution in [0.15, 0.2) is 47.3 Å². The van der Waals surface area contributed by atoms with E-state index in [9.17, 15) is 14.4 Å². The number of nitrogens with zero attached hydrogens (tertiary/aromatic N) is 3. The summed E-state index contributed by atoms with van der Waals surface area (Å²) in [5.41, 5.74) is 3.37. The van der Waals surface area contributed by atoms with E-state index in [1.807, 2.05) is 18.2 Å². The maximum absolute atomic E-state index is 13.5. The number of carbonyl (C=O) groups excluding carboxylic acids is 2. The first-order chi connectivity index (χ1) is 14.5. The van der Waals surface area contributed by atoms with Gasteiger partial charge in [0, 0.05) is 37.7 Å². The number of aromatic nitrogens is 2. The van der Waals surface area contributed by atoms with Gasteiger partial charge in [-0.2, -0.15) is 5.10 Å². The van der Waals surface area contributed by atoms with Gasteiger partial charge in [0.15, 0.2) is 5.78 Å². The number of ketones is 1. The lowest BCUT2D eigenvalue weighted by Crippen LogP contribution is -2.43. The van der Waals surface area contributed by atoms with E-state index in [1.54, 1.807) is 4.90 Å². The lowest BCUT2D eigenvalue weighted by molar-refractivity contribution is 0.0630. The average molecular weight is 401 g/mol. The third kappa shape index (κ3) is 3.03. The molecule has 1 saturated heterocycles. The van der Waals surface area contributed by atoms with Gasteiger partial charge in [0.05, 0.1) is 0 Å². The molecular weight excluding hydrogens is 378 g/mol. The van der Waals surface area contributed by atoms with Crippen molar-refractivity contribution in [3.8, 4) is 0 Å². The number of aryl methyl sites for hydroxylation is 3. The number of likely N-dealkylation sites (tertiary alicyclic amines) is 1. The summed E-state index contributed by atoms with van der Waals surface area (Å²) >= 11 is 0. The van der Waals surface area contributed by atoms with E-state index in [4.69, 9.17) is 0 Å². The summed E-state index contributed by atoms with van der Waals surface area (Å²) in [4.78, 5) is 39.6. The first-order valence-corrected chi connectivity index (χ1v) is 10.4. The third-order valence-corrected chi connectivity index (χ3v) is 6.40. The van der Waals surface area contributed by atoms with E-state index < -0.39 is 0 Å². The molecular formula is C24H23N3O3. The van der Waals surface area contributed by atoms with Crippen LogP contribution < -0.4 is 5.56 Å². The fraction of sp³-hybridized carbons (Fsp3) is 0.333. The van der Waals surface area contributed by atoms with Gasteiger partial charge < -0.3 is 4.90 Å². The molecule has 1 aromatic heterocycles. The summed E-state index contributed by atoms with van der Waals surface area (Å²) in [6.07, 6.45) is 3.60. The molecule has 30 heavy (non-hydrogen) atoms. The van der Waals surface area contributed by atoms with Crippen LogP contribution in [-0.4, -0.2) is 39.5 Å². The molecule has 0 bridgehead atoms. The molecule has 2 aromatic carbocycles. The first kappa shape index (κ1) is 18.7. The van der Waals surface area contributed by atoms with Crippen molar-refractivity contribution in [1.82, 2.24) is 14.7 Å². The van der Waals surface area contributed by atoms with Crippen LogP contribution in [0.25, 0.3) is 10.8 Å². The second kappa shape index (κ2) is 7.20. The summed E-state index contributed by atoms with van der Waals surface area (Å²) in [6.45, 7) is 0.974. The Labute approximate surface area is 174 Å². The zero-order valence-electron chi connectivity index (χ0n) is 16.9. The molecule has 0 radical (unpaired) electrons. The Morgan fingerprint density at radius 2 is 1.83 bits per heavy atom. The van der Waals surface area contributed by atoms with Gasteiger partial charge in [-0.25, -0.2) is 4.68 Å². The Bertz CT molecular complexity index is 1230. The summed E-state index contributed by atoms with van der Waals surface area (Å²) in [6, 6.07) is 13.1. The predicted octanol–water partition coefficient (Wildman–Crippen LogP) is 2.77. The molecule has 0 N–H and O–H groups in total. The molecule has 1 fully saturated rings. The Balaban J connectivity index is 1.42. The first-order valence-electron chi connectivity index (χ1n) is 10.4. The van der Waals surface area contributed by atoms with E-state index in [0.717, 1.165) is 41.3 Å². The Hall–Kier alpha value is -3.28. The zero-order valence-corrected chi connectivity index (χ0v) is 16.9. The molecule has 1 aliphatic heterocycles. The van der Waals surface area contributed by atoms with Crippen LogP contribution in [0.2, 0.25) is 0 Å². The topological polar surface area (TPSA) is 72.3 Å². The summed E-state index contributed by atoms with van der Waals surface area (Å²) < 4.78 is 1.16. The van der Waals surface area contributed by atoms with Gasteiger partial charge in [0.2, 0.25) is 0 Å². The molecule has 2 aliphatic rings. The number of piperidine rings is 1. The second-order valence-electron chi connectivity index (χ2n) is 8.25. The number of rotatable bonds is 3. The Morgan fingerprint density at radius 1 is 1.03 bits per heavy atom. The van der Waals surface area contributed by atoms with Crippen molar-refractivity contribution in [2.75, 3.05) is 13.1 Å². The number of hydrogen-bond donors (Lipinski definition) is 0. The van der Waals surface area contributed by atoms with Crippen molar-refractivity contribution >= 4 is 22.5 Å². The molecule has 0 saturated carbocycles. The number of carbonyl (C=O) groups is 2. The molecule has 0 unspecified atom stereocenters. The van der Waals surface area contributed by atoms with Crippen LogP contribution in [0.4, 0.5) is 0 Å². The number of amides is 1. The van der Waals surface area contributed by atoms with Crippen molar-refractivity contribution in [3.63, 3.8) is 0 Å². The monoisotopic (exact) mass is 401 g/mol. The van der Waals surface area contributed by atoms with Gasteiger partial charge in [-0.05, 0) is 53.6 Å². The molecule has 1 amide bonds. The highest BCUT2D eigenvalue weighted by Gasteiger charge is 2.31. The van der Waals surface area contributed by atoms with Crippen molar-refractivity contribution in [3.05, 3.63) is 75.2 Å². The van der Waals surface area contributed by atoms with E-state index in [-0.39, 0.29) is 28.9 Å². The minimum atomic E-state index is -0.259. The fourth-order valence-electron chi connectivity index (χ4n) is 4.84. The maximum atomic E-state index is 13.5. The van der Waals surface area contributed by atoms with Crippen molar-refractivity contribution < 1.29 is 9.59 Å². The average Bonchev–Trinajstić information content (AvgIpc) is 3.20. The Morgan fingerprint density at radius 3 is 2.63 bits per heavy atom. The smallest absolute Gasteiger partial charge is 0.274 e. The van der Waals surface area contributed by atoms with Gasteiger partial charge in [-0.15, -0.1) is 0 Å². The molecule has 6 heteroatoms. The largest absolute Gasteiger partial charge is 0.337 e. The minimum Gasteiger partial charge on any atom is -0.337 e. The molecule has 5 rings (SSSR count). The van der Waals surface area contributed by atoms with Crippen LogP contribution in [0.5, 0.6) is 0 Å². The van der Waals surface area contributed by atoms with Crippen molar-refractivity contribution in [2.24, 2.45) is 13.0 Å². The van der Waals surface area contributed by atoms with Gasteiger partial charge in [0.1, 0.15) is 5.69 Å². The minimum absolute atomic E-state index is 0.108. The van der Waals surface area contributed by atoms with Gasteiger partial charge in [-0.3, -0.25) is 14.4 Å². The van der Waals surface area contributed by atoms with Crippen LogP contribution in [0, 0.1) is 5.92 Å². The second-order valence-corrected chi connectivity index (χ2v) is 8.25. The van der Waals surface area contributed by atoms with Gasteiger partial charge >= 0.3 is 0 Å². The molecule has 3 aromatic rings. The highest BCUT2D eigenvalue weighted by molar-refractivity contribution is 6.11. The van der Waals surface area contributed by atoms with Gasteiger partial charge in [-0.1, -0.05) is 30.3 Å². The van der Waals surface area contributed by atoms with E-state index in [0.29, 0.717) is 13.1 Å². The Kier molecular flexibility index (Phi) is 4.50. The van der Waals surface area contributed by atoms with E-state index >= 15 is 0 Å². The van der Waals surface area contributed by atoms with E-state index in [1.165, 1.54) is 35.7 Å². The number of hydrogen-bond acceptors (Lipinski definition) is 4. The summed E-state index contributed by atoms with van der Waals surface area (Å²) in [5.74, 6) is -0.353. The zero-order chi connectivity index (χ0) is 20.8. The van der Waals surface area contributed by atoms with Crippen LogP contribution in [-0.2, 0) is 19.9 Å².